The minimum atomic E-state index is -4.10. The number of aromatic nitrogens is 2. The number of aryl methyl sites for hydroxylation is 1. The maximum atomic E-state index is 11.8. The van der Waals surface area contributed by atoms with E-state index < -0.39 is 12.6 Å². The van der Waals surface area contributed by atoms with Gasteiger partial charge in [-0.05, 0) is 13.3 Å². The number of hydrogen-bond donors (Lipinski definition) is 0. The van der Waals surface area contributed by atoms with Gasteiger partial charge in [0.1, 0.15) is 0 Å². The van der Waals surface area contributed by atoms with Gasteiger partial charge in [0.25, 0.3) is 0 Å². The molecule has 0 saturated carbocycles. The maximum Gasteiger partial charge on any atom is 0.389 e. The highest BCUT2D eigenvalue weighted by atomic mass is 19.4. The first kappa shape index (κ1) is 11.9. The molecular weight excluding hydrogens is 209 g/mol. The fourth-order valence-electron chi connectivity index (χ4n) is 1.05. The lowest BCUT2D eigenvalue weighted by atomic mass is 10.3. The van der Waals surface area contributed by atoms with E-state index in [-0.39, 0.29) is 13.0 Å². The van der Waals surface area contributed by atoms with E-state index in [0.717, 1.165) is 0 Å². The summed E-state index contributed by atoms with van der Waals surface area (Å²) in [4.78, 5) is 0. The summed E-state index contributed by atoms with van der Waals surface area (Å²) >= 11 is 0. The Hall–Kier alpha value is -1.20. The molecule has 1 heterocycles. The van der Waals surface area contributed by atoms with Crippen LogP contribution in [0.25, 0.3) is 0 Å². The van der Waals surface area contributed by atoms with Gasteiger partial charge in [0.05, 0.1) is 19.0 Å². The Morgan fingerprint density at radius 1 is 1.47 bits per heavy atom. The first-order chi connectivity index (χ1) is 7.01. The molecule has 0 atom stereocenters. The number of hydrogen-bond acceptors (Lipinski definition) is 2. The van der Waals surface area contributed by atoms with E-state index in [4.69, 9.17) is 4.74 Å². The molecule has 86 valence electrons. The van der Waals surface area contributed by atoms with Crippen LogP contribution in [0.1, 0.15) is 19.8 Å². The first-order valence-corrected chi connectivity index (χ1v) is 4.73. The molecule has 0 aliphatic heterocycles. The van der Waals surface area contributed by atoms with E-state index >= 15 is 0 Å². The summed E-state index contributed by atoms with van der Waals surface area (Å²) in [5, 5.41) is 3.93. The largest absolute Gasteiger partial charge is 0.490 e. The molecule has 1 aromatic heterocycles. The number of halogens is 3. The van der Waals surface area contributed by atoms with Crippen molar-refractivity contribution in [3.05, 3.63) is 12.4 Å². The summed E-state index contributed by atoms with van der Waals surface area (Å²) < 4.78 is 42.1. The van der Waals surface area contributed by atoms with Gasteiger partial charge >= 0.3 is 6.18 Å². The molecule has 0 unspecified atom stereocenters. The summed E-state index contributed by atoms with van der Waals surface area (Å²) in [7, 11) is 0. The minimum Gasteiger partial charge on any atom is -0.490 e. The van der Waals surface area contributed by atoms with Gasteiger partial charge in [-0.15, -0.1) is 0 Å². The van der Waals surface area contributed by atoms with Crippen molar-refractivity contribution in [1.29, 1.82) is 0 Å². The molecule has 3 nitrogen and oxygen atoms in total. The van der Waals surface area contributed by atoms with E-state index in [1.807, 2.05) is 6.92 Å². The van der Waals surface area contributed by atoms with E-state index in [1.165, 1.54) is 6.20 Å². The number of alkyl halides is 3. The smallest absolute Gasteiger partial charge is 0.389 e. The van der Waals surface area contributed by atoms with Gasteiger partial charge in [0, 0.05) is 13.0 Å². The van der Waals surface area contributed by atoms with Crippen molar-refractivity contribution >= 4 is 0 Å². The maximum absolute atomic E-state index is 11.8. The van der Waals surface area contributed by atoms with Crippen molar-refractivity contribution in [2.75, 3.05) is 6.61 Å². The van der Waals surface area contributed by atoms with E-state index in [0.29, 0.717) is 12.3 Å². The highest BCUT2D eigenvalue weighted by Gasteiger charge is 2.26. The van der Waals surface area contributed by atoms with Crippen LogP contribution in [0.15, 0.2) is 12.4 Å². The highest BCUT2D eigenvalue weighted by molar-refractivity contribution is 5.11. The third-order valence-electron chi connectivity index (χ3n) is 1.81. The molecule has 0 spiro atoms. The average molecular weight is 222 g/mol. The Kier molecular flexibility index (Phi) is 3.99. The van der Waals surface area contributed by atoms with Gasteiger partial charge in [-0.1, -0.05) is 0 Å². The first-order valence-electron chi connectivity index (χ1n) is 4.73. The van der Waals surface area contributed by atoms with Crippen LogP contribution in [0.4, 0.5) is 13.2 Å². The summed E-state index contributed by atoms with van der Waals surface area (Å²) in [5.74, 6) is 0.513. The van der Waals surface area contributed by atoms with Gasteiger partial charge < -0.3 is 4.74 Å². The average Bonchev–Trinajstić information content (AvgIpc) is 2.59. The minimum absolute atomic E-state index is 0.0270. The zero-order chi connectivity index (χ0) is 11.3. The highest BCUT2D eigenvalue weighted by Crippen LogP contribution is 2.21. The third-order valence-corrected chi connectivity index (χ3v) is 1.81. The Balaban J connectivity index is 2.20. The van der Waals surface area contributed by atoms with Crippen LogP contribution in [0, 0.1) is 0 Å². The summed E-state index contributed by atoms with van der Waals surface area (Å²) in [6, 6.07) is 0. The lowest BCUT2D eigenvalue weighted by molar-refractivity contribution is -0.136. The SMILES string of the molecule is CCn1cc(OCCCC(F)(F)F)cn1. The van der Waals surface area contributed by atoms with Crippen LogP contribution in [-0.4, -0.2) is 22.6 Å². The van der Waals surface area contributed by atoms with Gasteiger partial charge in [0.15, 0.2) is 5.75 Å². The molecule has 6 heteroatoms. The van der Waals surface area contributed by atoms with Crippen LogP contribution >= 0.6 is 0 Å². The molecular formula is C9H13F3N2O. The number of rotatable bonds is 5. The molecule has 0 amide bonds. The van der Waals surface area contributed by atoms with E-state index in [1.54, 1.807) is 10.9 Å². The fraction of sp³-hybridized carbons (Fsp3) is 0.667. The van der Waals surface area contributed by atoms with Gasteiger partial charge in [-0.3, -0.25) is 4.68 Å². The van der Waals surface area contributed by atoms with Crippen molar-refractivity contribution in [1.82, 2.24) is 9.78 Å². The fourth-order valence-corrected chi connectivity index (χ4v) is 1.05. The van der Waals surface area contributed by atoms with Crippen LogP contribution in [0.3, 0.4) is 0 Å². The van der Waals surface area contributed by atoms with Crippen molar-refractivity contribution < 1.29 is 17.9 Å². The Labute approximate surface area is 85.8 Å². The van der Waals surface area contributed by atoms with E-state index in [2.05, 4.69) is 5.10 Å². The van der Waals surface area contributed by atoms with Gasteiger partial charge in [0.2, 0.25) is 0 Å². The molecule has 1 rings (SSSR count). The number of ether oxygens (including phenoxy) is 1. The Bertz CT molecular complexity index is 296. The lowest BCUT2D eigenvalue weighted by Gasteiger charge is -2.06. The van der Waals surface area contributed by atoms with Crippen LogP contribution < -0.4 is 4.74 Å². The Morgan fingerprint density at radius 2 is 2.20 bits per heavy atom. The van der Waals surface area contributed by atoms with Crippen molar-refractivity contribution in [2.45, 2.75) is 32.5 Å². The molecule has 1 aromatic rings. The third kappa shape index (κ3) is 4.71. The second-order valence-electron chi connectivity index (χ2n) is 3.10. The molecule has 0 N–H and O–H groups in total. The standard InChI is InChI=1S/C9H13F3N2O/c1-2-14-7-8(6-13-14)15-5-3-4-9(10,11)12/h6-7H,2-5H2,1H3. The van der Waals surface area contributed by atoms with Crippen molar-refractivity contribution in [3.8, 4) is 5.75 Å². The molecule has 0 aromatic carbocycles. The zero-order valence-electron chi connectivity index (χ0n) is 8.42. The molecule has 0 radical (unpaired) electrons. The zero-order valence-corrected chi connectivity index (χ0v) is 8.42. The van der Waals surface area contributed by atoms with Gasteiger partial charge in [-0.2, -0.15) is 18.3 Å². The van der Waals surface area contributed by atoms with Crippen LogP contribution in [0.5, 0.6) is 5.75 Å². The quantitative estimate of drug-likeness (QED) is 0.716. The summed E-state index contributed by atoms with van der Waals surface area (Å²) in [6.07, 6.45) is -1.78. The van der Waals surface area contributed by atoms with Gasteiger partial charge in [-0.25, -0.2) is 0 Å². The van der Waals surface area contributed by atoms with Crippen molar-refractivity contribution in [3.63, 3.8) is 0 Å². The monoisotopic (exact) mass is 222 g/mol. The van der Waals surface area contributed by atoms with Crippen molar-refractivity contribution in [2.24, 2.45) is 0 Å². The second kappa shape index (κ2) is 5.04. The lowest BCUT2D eigenvalue weighted by Crippen LogP contribution is -2.09. The topological polar surface area (TPSA) is 27.1 Å². The molecule has 0 saturated heterocycles. The van der Waals surface area contributed by atoms with E-state index in [9.17, 15) is 13.2 Å². The predicted molar refractivity (Wildman–Crippen MR) is 48.7 cm³/mol. The molecule has 15 heavy (non-hydrogen) atoms. The molecule has 0 aliphatic carbocycles. The second-order valence-corrected chi connectivity index (χ2v) is 3.10. The molecule has 0 aliphatic rings. The Morgan fingerprint density at radius 3 is 2.73 bits per heavy atom. The molecule has 0 fully saturated rings. The van der Waals surface area contributed by atoms with Crippen LogP contribution in [0.2, 0.25) is 0 Å². The number of nitrogens with zero attached hydrogens (tertiary/aromatic N) is 2. The summed E-state index contributed by atoms with van der Waals surface area (Å²) in [5.41, 5.74) is 0. The normalized spacial score (nSPS) is 11.7. The predicted octanol–water partition coefficient (Wildman–Crippen LogP) is 2.62. The summed E-state index contributed by atoms with van der Waals surface area (Å²) in [6.45, 7) is 2.70. The molecule has 0 bridgehead atoms. The van der Waals surface area contributed by atoms with Crippen LogP contribution in [-0.2, 0) is 6.54 Å².